The molecule has 5 nitrogen and oxygen atoms in total. The third-order valence-corrected chi connectivity index (χ3v) is 8.87. The maximum absolute atomic E-state index is 10.9. The molecule has 0 aromatic carbocycles. The lowest BCUT2D eigenvalue weighted by Crippen LogP contribution is -2.47. The minimum absolute atomic E-state index is 0.107. The quantitative estimate of drug-likeness (QED) is 0.474. The first-order valence-corrected chi connectivity index (χ1v) is 10.3. The summed E-state index contributed by atoms with van der Waals surface area (Å²) in [4.78, 5) is 10.9. The molecule has 0 aliphatic rings. The average Bonchev–Trinajstić information content (AvgIpc) is 2.33. The largest absolute Gasteiger partial charge is 0.465 e. The summed E-state index contributed by atoms with van der Waals surface area (Å²) < 4.78 is 6.04. The molecule has 0 spiro atoms. The number of aliphatic hydroxyl groups excluding tert-OH is 1. The van der Waals surface area contributed by atoms with E-state index in [1.54, 1.807) is 6.08 Å². The Morgan fingerprint density at radius 3 is 2.33 bits per heavy atom. The molecule has 0 heterocycles. The van der Waals surface area contributed by atoms with Crippen LogP contribution in [0.3, 0.4) is 0 Å². The van der Waals surface area contributed by atoms with Crippen LogP contribution in [-0.4, -0.2) is 43.4 Å². The summed E-state index contributed by atoms with van der Waals surface area (Å²) in [6, 6.07) is -0.555. The predicted molar refractivity (Wildman–Crippen MR) is 88.1 cm³/mol. The van der Waals surface area contributed by atoms with Crippen LogP contribution >= 0.6 is 0 Å². The summed E-state index contributed by atoms with van der Waals surface area (Å²) in [6.45, 7) is 16.6. The minimum Gasteiger partial charge on any atom is -0.465 e. The number of amides is 1. The van der Waals surface area contributed by atoms with Gasteiger partial charge in [0.15, 0.2) is 8.32 Å². The Morgan fingerprint density at radius 2 is 1.95 bits per heavy atom. The molecule has 0 rings (SSSR count). The SMILES string of the molecule is C=C[C@@H](C)[C@H](O)[C@@H](CCO[Si](C)(C)C(C)(C)C)NC(=O)O. The minimum atomic E-state index is -1.86. The number of hydrogen-bond acceptors (Lipinski definition) is 3. The Hall–Kier alpha value is -0.853. The highest BCUT2D eigenvalue weighted by atomic mass is 28.4. The zero-order chi connectivity index (χ0) is 16.8. The average molecular weight is 318 g/mol. The van der Waals surface area contributed by atoms with E-state index in [-0.39, 0.29) is 11.0 Å². The zero-order valence-electron chi connectivity index (χ0n) is 14.1. The van der Waals surface area contributed by atoms with Crippen LogP contribution in [0, 0.1) is 5.92 Å². The van der Waals surface area contributed by atoms with E-state index in [9.17, 15) is 9.90 Å². The Balaban J connectivity index is 4.64. The smallest absolute Gasteiger partial charge is 0.404 e. The van der Waals surface area contributed by atoms with Gasteiger partial charge in [-0.1, -0.05) is 33.8 Å². The summed E-state index contributed by atoms with van der Waals surface area (Å²) in [5.74, 6) is -0.185. The fourth-order valence-corrected chi connectivity index (χ4v) is 2.71. The fourth-order valence-electron chi connectivity index (χ4n) is 1.65. The Morgan fingerprint density at radius 1 is 1.43 bits per heavy atom. The molecule has 0 aliphatic heterocycles. The highest BCUT2D eigenvalue weighted by molar-refractivity contribution is 6.74. The molecule has 3 atom stereocenters. The summed E-state index contributed by atoms with van der Waals surface area (Å²) >= 11 is 0. The predicted octanol–water partition coefficient (Wildman–Crippen LogP) is 3.22. The maximum Gasteiger partial charge on any atom is 0.404 e. The molecule has 1 amide bonds. The van der Waals surface area contributed by atoms with Crippen molar-refractivity contribution in [2.24, 2.45) is 5.92 Å². The molecule has 3 N–H and O–H groups in total. The van der Waals surface area contributed by atoms with Gasteiger partial charge in [0.1, 0.15) is 0 Å². The Kier molecular flexibility index (Phi) is 7.64. The van der Waals surface area contributed by atoms with Gasteiger partial charge < -0.3 is 20.0 Å². The molecule has 0 aromatic rings. The molecule has 0 aromatic heterocycles. The van der Waals surface area contributed by atoms with E-state index in [1.807, 2.05) is 6.92 Å². The lowest BCUT2D eigenvalue weighted by molar-refractivity contribution is 0.0797. The number of rotatable bonds is 8. The molecule has 0 saturated carbocycles. The van der Waals surface area contributed by atoms with Crippen LogP contribution in [0.25, 0.3) is 0 Å². The number of carboxylic acid groups (broad SMARTS) is 1. The third kappa shape index (κ3) is 6.63. The number of carbonyl (C=O) groups is 1. The van der Waals surface area contributed by atoms with Crippen molar-refractivity contribution >= 4 is 14.4 Å². The topological polar surface area (TPSA) is 78.8 Å². The molecule has 0 aliphatic carbocycles. The van der Waals surface area contributed by atoms with Gasteiger partial charge in [-0.2, -0.15) is 0 Å². The van der Waals surface area contributed by atoms with Crippen molar-refractivity contribution in [1.29, 1.82) is 0 Å². The molecule has 0 fully saturated rings. The summed E-state index contributed by atoms with van der Waals surface area (Å²) in [5.41, 5.74) is 0. The van der Waals surface area contributed by atoms with E-state index in [1.165, 1.54) is 0 Å². The van der Waals surface area contributed by atoms with Gasteiger partial charge in [0.25, 0.3) is 0 Å². The van der Waals surface area contributed by atoms with Gasteiger partial charge >= 0.3 is 6.09 Å². The normalized spacial score (nSPS) is 16.9. The van der Waals surface area contributed by atoms with Crippen LogP contribution in [0.4, 0.5) is 4.79 Å². The van der Waals surface area contributed by atoms with Gasteiger partial charge in [0, 0.05) is 12.5 Å². The lowest BCUT2D eigenvalue weighted by Gasteiger charge is -2.37. The number of aliphatic hydroxyl groups is 1. The molecular weight excluding hydrogens is 286 g/mol. The van der Waals surface area contributed by atoms with E-state index >= 15 is 0 Å². The van der Waals surface area contributed by atoms with Gasteiger partial charge in [0.2, 0.25) is 0 Å². The van der Waals surface area contributed by atoms with Crippen molar-refractivity contribution in [3.05, 3.63) is 12.7 Å². The molecule has 124 valence electrons. The van der Waals surface area contributed by atoms with Crippen molar-refractivity contribution in [3.63, 3.8) is 0 Å². The second kappa shape index (κ2) is 7.96. The third-order valence-electron chi connectivity index (χ3n) is 4.33. The van der Waals surface area contributed by atoms with E-state index in [0.717, 1.165) is 0 Å². The van der Waals surface area contributed by atoms with Crippen molar-refractivity contribution in [3.8, 4) is 0 Å². The number of nitrogens with one attached hydrogen (secondary N) is 1. The molecule has 0 saturated heterocycles. The highest BCUT2D eigenvalue weighted by Gasteiger charge is 2.37. The van der Waals surface area contributed by atoms with Gasteiger partial charge in [-0.15, -0.1) is 6.58 Å². The maximum atomic E-state index is 10.9. The molecule has 0 bridgehead atoms. The first kappa shape index (κ1) is 20.1. The van der Waals surface area contributed by atoms with E-state index in [0.29, 0.717) is 13.0 Å². The molecule has 6 heteroatoms. The highest BCUT2D eigenvalue weighted by Crippen LogP contribution is 2.36. The van der Waals surface area contributed by atoms with E-state index < -0.39 is 26.6 Å². The van der Waals surface area contributed by atoms with Crippen LogP contribution in [0.1, 0.15) is 34.1 Å². The molecule has 0 unspecified atom stereocenters. The summed E-state index contributed by atoms with van der Waals surface area (Å²) in [7, 11) is -1.86. The van der Waals surface area contributed by atoms with Crippen LogP contribution in [-0.2, 0) is 4.43 Å². The summed E-state index contributed by atoms with van der Waals surface area (Å²) in [6.07, 6.45) is 0.123. The van der Waals surface area contributed by atoms with Gasteiger partial charge in [-0.3, -0.25) is 0 Å². The van der Waals surface area contributed by atoms with Crippen LogP contribution in [0.2, 0.25) is 18.1 Å². The Bertz CT molecular complexity index is 352. The first-order valence-electron chi connectivity index (χ1n) is 7.36. The molecular formula is C15H31NO4Si. The van der Waals surface area contributed by atoms with Crippen molar-refractivity contribution < 1.29 is 19.4 Å². The summed E-state index contributed by atoms with van der Waals surface area (Å²) in [5, 5.41) is 21.6. The zero-order valence-corrected chi connectivity index (χ0v) is 15.1. The van der Waals surface area contributed by atoms with Gasteiger partial charge in [-0.25, -0.2) is 4.79 Å². The number of hydrogen-bond donors (Lipinski definition) is 3. The van der Waals surface area contributed by atoms with Crippen molar-refractivity contribution in [2.45, 2.75) is 64.4 Å². The van der Waals surface area contributed by atoms with Crippen molar-refractivity contribution in [2.75, 3.05) is 6.61 Å². The Labute approximate surface area is 129 Å². The monoisotopic (exact) mass is 317 g/mol. The second-order valence-corrected chi connectivity index (χ2v) is 11.8. The van der Waals surface area contributed by atoms with Crippen LogP contribution in [0.5, 0.6) is 0 Å². The van der Waals surface area contributed by atoms with Gasteiger partial charge in [-0.05, 0) is 24.6 Å². The molecule has 21 heavy (non-hydrogen) atoms. The first-order chi connectivity index (χ1) is 9.42. The fraction of sp³-hybridized carbons (Fsp3) is 0.800. The lowest BCUT2D eigenvalue weighted by atomic mass is 9.96. The molecule has 0 radical (unpaired) electrons. The van der Waals surface area contributed by atoms with E-state index in [4.69, 9.17) is 9.53 Å². The van der Waals surface area contributed by atoms with Crippen LogP contribution in [0.15, 0.2) is 12.7 Å². The van der Waals surface area contributed by atoms with Gasteiger partial charge in [0.05, 0.1) is 12.1 Å². The standard InChI is InChI=1S/C15H31NO4Si/c1-8-11(2)13(17)12(16-14(18)19)9-10-20-21(6,7)15(3,4)5/h8,11-13,16-17H,1,9-10H2,2-7H3,(H,18,19)/t11-,12-,13+/m1/s1. The van der Waals surface area contributed by atoms with Crippen molar-refractivity contribution in [1.82, 2.24) is 5.32 Å². The van der Waals surface area contributed by atoms with Crippen LogP contribution < -0.4 is 5.32 Å². The second-order valence-electron chi connectivity index (χ2n) is 7.04. The van der Waals surface area contributed by atoms with E-state index in [2.05, 4.69) is 45.8 Å².